The topological polar surface area (TPSA) is 79.3 Å². The predicted octanol–water partition coefficient (Wildman–Crippen LogP) is 5.03. The van der Waals surface area contributed by atoms with Crippen molar-refractivity contribution in [3.05, 3.63) is 41.6 Å². The van der Waals surface area contributed by atoms with Crippen molar-refractivity contribution in [3.63, 3.8) is 0 Å². The molecule has 2 aromatic rings. The van der Waals surface area contributed by atoms with Gasteiger partial charge in [0, 0.05) is 24.6 Å². The van der Waals surface area contributed by atoms with E-state index in [0.717, 1.165) is 42.6 Å². The smallest absolute Gasteiger partial charge is 0.317 e. The van der Waals surface area contributed by atoms with E-state index in [2.05, 4.69) is 45.3 Å². The maximum Gasteiger partial charge on any atom is 0.317 e. The molecule has 2 N–H and O–H groups in total. The molecule has 32 heavy (non-hydrogen) atoms. The number of amides is 3. The minimum absolute atomic E-state index is 0.00175. The summed E-state index contributed by atoms with van der Waals surface area (Å²) >= 11 is 0. The van der Waals surface area contributed by atoms with E-state index in [0.29, 0.717) is 18.9 Å². The number of rotatable bonds is 10. The zero-order valence-electron chi connectivity index (χ0n) is 20.5. The number of para-hydroxylation sites is 1. The van der Waals surface area contributed by atoms with Crippen molar-refractivity contribution in [2.24, 2.45) is 0 Å². The van der Waals surface area contributed by atoms with E-state index in [1.165, 1.54) is 0 Å². The third kappa shape index (κ3) is 7.11. The Morgan fingerprint density at radius 2 is 1.78 bits per heavy atom. The maximum absolute atomic E-state index is 13.0. The van der Waals surface area contributed by atoms with Crippen LogP contribution in [0.15, 0.2) is 30.3 Å². The lowest BCUT2D eigenvalue weighted by atomic mass is 9.92. The molecule has 0 saturated carbocycles. The Morgan fingerprint density at radius 3 is 2.41 bits per heavy atom. The number of hydrogen-bond donors (Lipinski definition) is 2. The molecule has 0 unspecified atom stereocenters. The summed E-state index contributed by atoms with van der Waals surface area (Å²) in [5, 5.41) is 10.7. The lowest BCUT2D eigenvalue weighted by Gasteiger charge is -2.22. The lowest BCUT2D eigenvalue weighted by molar-refractivity contribution is -0.116. The van der Waals surface area contributed by atoms with Gasteiger partial charge in [-0.2, -0.15) is 5.10 Å². The van der Waals surface area contributed by atoms with Gasteiger partial charge in [-0.05, 0) is 31.4 Å². The van der Waals surface area contributed by atoms with E-state index in [9.17, 15) is 9.59 Å². The number of benzene rings is 1. The molecule has 0 atom stereocenters. The molecule has 1 aromatic heterocycles. The molecule has 7 heteroatoms. The molecular weight excluding hydrogens is 402 g/mol. The summed E-state index contributed by atoms with van der Waals surface area (Å²) in [7, 11) is 0. The van der Waals surface area contributed by atoms with Crippen LogP contribution in [0.1, 0.15) is 71.6 Å². The molecule has 176 valence electrons. The molecule has 0 fully saturated rings. The first-order chi connectivity index (χ1) is 15.2. The van der Waals surface area contributed by atoms with Crippen LogP contribution in [0, 0.1) is 6.92 Å². The number of unbranched alkanes of at least 4 members (excludes halogenated alkanes) is 2. The van der Waals surface area contributed by atoms with E-state index in [4.69, 9.17) is 5.10 Å². The molecule has 0 aliphatic carbocycles. The van der Waals surface area contributed by atoms with Gasteiger partial charge in [-0.25, -0.2) is 9.48 Å². The van der Waals surface area contributed by atoms with Crippen molar-refractivity contribution in [2.75, 3.05) is 25.0 Å². The number of urea groups is 1. The van der Waals surface area contributed by atoms with Crippen LogP contribution in [0.5, 0.6) is 0 Å². The van der Waals surface area contributed by atoms with Crippen LogP contribution in [0.3, 0.4) is 0 Å². The molecule has 1 aromatic carbocycles. The second-order valence-electron chi connectivity index (χ2n) is 9.27. The molecule has 0 spiro atoms. The fourth-order valence-electron chi connectivity index (χ4n) is 3.26. The summed E-state index contributed by atoms with van der Waals surface area (Å²) in [5.41, 5.74) is 2.70. The zero-order chi connectivity index (χ0) is 23.7. The van der Waals surface area contributed by atoms with E-state index in [-0.39, 0.29) is 23.9 Å². The number of carbonyl (C=O) groups is 2. The average Bonchev–Trinajstić information content (AvgIpc) is 3.15. The summed E-state index contributed by atoms with van der Waals surface area (Å²) in [6, 6.07) is 9.67. The van der Waals surface area contributed by atoms with Gasteiger partial charge in [0.15, 0.2) is 0 Å². The van der Waals surface area contributed by atoms with Crippen LogP contribution in [-0.2, 0) is 10.2 Å². The first-order valence-corrected chi connectivity index (χ1v) is 11.7. The van der Waals surface area contributed by atoms with E-state index in [1.807, 2.05) is 37.3 Å². The van der Waals surface area contributed by atoms with Crippen LogP contribution in [0.25, 0.3) is 5.69 Å². The van der Waals surface area contributed by atoms with Gasteiger partial charge in [0.05, 0.1) is 11.4 Å². The molecule has 0 aliphatic heterocycles. The highest BCUT2D eigenvalue weighted by Crippen LogP contribution is 2.27. The van der Waals surface area contributed by atoms with Gasteiger partial charge in [-0.15, -0.1) is 0 Å². The summed E-state index contributed by atoms with van der Waals surface area (Å²) in [6.45, 7) is 13.6. The predicted molar refractivity (Wildman–Crippen MR) is 130 cm³/mol. The van der Waals surface area contributed by atoms with E-state index >= 15 is 0 Å². The van der Waals surface area contributed by atoms with Crippen molar-refractivity contribution in [1.29, 1.82) is 0 Å². The highest BCUT2D eigenvalue weighted by molar-refractivity contribution is 5.94. The number of nitrogens with zero attached hydrogens (tertiary/aromatic N) is 3. The summed E-state index contributed by atoms with van der Waals surface area (Å²) in [6.07, 6.45) is 3.73. The average molecular weight is 442 g/mol. The fraction of sp³-hybridized carbons (Fsp3) is 0.560. The van der Waals surface area contributed by atoms with Crippen molar-refractivity contribution < 1.29 is 9.59 Å². The second kappa shape index (κ2) is 11.7. The number of aromatic nitrogens is 2. The van der Waals surface area contributed by atoms with Crippen LogP contribution < -0.4 is 10.6 Å². The summed E-state index contributed by atoms with van der Waals surface area (Å²) in [5.74, 6) is 0.373. The molecule has 0 bridgehead atoms. The van der Waals surface area contributed by atoms with Crippen LogP contribution in [0.4, 0.5) is 10.6 Å². The zero-order valence-corrected chi connectivity index (χ0v) is 20.5. The van der Waals surface area contributed by atoms with Crippen molar-refractivity contribution in [1.82, 2.24) is 20.0 Å². The SMILES string of the molecule is CCCCNC(=O)N(CCCC)CC(=O)Nc1cc(C(C)(C)C)nn1-c1ccccc1C. The Balaban J connectivity index is 2.23. The highest BCUT2D eigenvalue weighted by atomic mass is 16.2. The number of carbonyl (C=O) groups excluding carboxylic acids is 2. The van der Waals surface area contributed by atoms with Gasteiger partial charge in [-0.3, -0.25) is 4.79 Å². The molecule has 0 radical (unpaired) electrons. The first-order valence-electron chi connectivity index (χ1n) is 11.7. The van der Waals surface area contributed by atoms with Crippen LogP contribution in [0.2, 0.25) is 0 Å². The van der Waals surface area contributed by atoms with Crippen molar-refractivity contribution >= 4 is 17.8 Å². The molecule has 2 rings (SSSR count). The number of anilines is 1. The first kappa shape index (κ1) is 25.4. The highest BCUT2D eigenvalue weighted by Gasteiger charge is 2.23. The van der Waals surface area contributed by atoms with Gasteiger partial charge in [0.2, 0.25) is 5.91 Å². The summed E-state index contributed by atoms with van der Waals surface area (Å²) < 4.78 is 1.78. The standard InChI is InChI=1S/C25H39N5O2/c1-7-9-15-26-24(32)29(16-10-8-2)18-23(31)27-22-17-21(25(4,5)6)28-30(22)20-14-12-11-13-19(20)3/h11-14,17H,7-10,15-16,18H2,1-6H3,(H,26,32)(H,27,31). The van der Waals surface area contributed by atoms with E-state index < -0.39 is 0 Å². The monoisotopic (exact) mass is 441 g/mol. The molecule has 1 heterocycles. The lowest BCUT2D eigenvalue weighted by Crippen LogP contribution is -2.44. The quantitative estimate of drug-likeness (QED) is 0.508. The Morgan fingerprint density at radius 1 is 1.09 bits per heavy atom. The fourth-order valence-corrected chi connectivity index (χ4v) is 3.26. The number of aryl methyl sites for hydroxylation is 1. The minimum atomic E-state index is -0.234. The molecule has 0 aliphatic rings. The van der Waals surface area contributed by atoms with Crippen LogP contribution in [-0.4, -0.2) is 46.3 Å². The Bertz CT molecular complexity index is 898. The Hall–Kier alpha value is -2.83. The van der Waals surface area contributed by atoms with Gasteiger partial charge in [0.1, 0.15) is 12.4 Å². The normalized spacial score (nSPS) is 11.3. The van der Waals surface area contributed by atoms with Crippen LogP contribution >= 0.6 is 0 Å². The largest absolute Gasteiger partial charge is 0.338 e. The maximum atomic E-state index is 13.0. The molecule has 7 nitrogen and oxygen atoms in total. The second-order valence-corrected chi connectivity index (χ2v) is 9.27. The van der Waals surface area contributed by atoms with Gasteiger partial charge >= 0.3 is 6.03 Å². The van der Waals surface area contributed by atoms with Gasteiger partial charge in [-0.1, -0.05) is 65.7 Å². The Kier molecular flexibility index (Phi) is 9.29. The number of nitrogens with one attached hydrogen (secondary N) is 2. The molecule has 3 amide bonds. The Labute approximate surface area is 192 Å². The third-order valence-electron chi connectivity index (χ3n) is 5.30. The third-order valence-corrected chi connectivity index (χ3v) is 5.30. The van der Waals surface area contributed by atoms with E-state index in [1.54, 1.807) is 9.58 Å². The van der Waals surface area contributed by atoms with Crippen molar-refractivity contribution in [3.8, 4) is 5.69 Å². The summed E-state index contributed by atoms with van der Waals surface area (Å²) in [4.78, 5) is 27.2. The molecule has 0 saturated heterocycles. The van der Waals surface area contributed by atoms with Gasteiger partial charge in [0.25, 0.3) is 0 Å². The van der Waals surface area contributed by atoms with Gasteiger partial charge < -0.3 is 15.5 Å². The van der Waals surface area contributed by atoms with Crippen molar-refractivity contribution in [2.45, 2.75) is 72.6 Å². The number of hydrogen-bond acceptors (Lipinski definition) is 3. The minimum Gasteiger partial charge on any atom is -0.338 e. The molecular formula is C25H39N5O2.